The highest BCUT2D eigenvalue weighted by molar-refractivity contribution is 5.25. The summed E-state index contributed by atoms with van der Waals surface area (Å²) >= 11 is 0. The first kappa shape index (κ1) is 13.9. The first-order chi connectivity index (χ1) is 16.0. The number of aliphatic hydroxyl groups excluding tert-OH is 1. The Morgan fingerprint density at radius 2 is 1.96 bits per heavy atom. The third-order valence-corrected chi connectivity index (χ3v) is 9.92. The third-order valence-electron chi connectivity index (χ3n) is 9.92. The summed E-state index contributed by atoms with van der Waals surface area (Å²) in [6.45, 7) is 1.59. The predicted molar refractivity (Wildman–Crippen MR) is 119 cm³/mol. The second-order valence-electron chi connectivity index (χ2n) is 11.2. The number of fused-ring (bicyclic) bond motifs is 5. The Balaban J connectivity index is 1.43. The lowest BCUT2D eigenvalue weighted by molar-refractivity contribution is -0.0573. The van der Waals surface area contributed by atoms with E-state index < -0.39 is 19.6 Å². The van der Waals surface area contributed by atoms with Gasteiger partial charge in [0.2, 0.25) is 0 Å². The molecular weight excluding hydrogens is 340 g/mol. The zero-order valence-electron chi connectivity index (χ0n) is 25.3. The van der Waals surface area contributed by atoms with Crippen molar-refractivity contribution in [3.8, 4) is 0 Å². The molecule has 0 aromatic rings. The molecule has 1 heteroatoms. The van der Waals surface area contributed by atoms with Gasteiger partial charge in [-0.1, -0.05) is 65.4 Å². The van der Waals surface area contributed by atoms with Gasteiger partial charge in [0.15, 0.2) is 0 Å². The summed E-state index contributed by atoms with van der Waals surface area (Å²) in [5.74, 6) is 0.700. The van der Waals surface area contributed by atoms with Crippen LogP contribution >= 0.6 is 0 Å². The van der Waals surface area contributed by atoms with Crippen molar-refractivity contribution in [2.45, 2.75) is 111 Å². The third kappa shape index (κ3) is 3.42. The molecule has 0 saturated heterocycles. The SMILES string of the molecule is [2H]C([2H])([2H])C([2H])(CCC[C@@H](C)[C@@H]1CC[C@@H]2[C@@H]3CC=C4C[C@@H](O)CC[C@]4(C)[C@@H]3CC[C@@]21C)C([2H])([2H])[2H]. The van der Waals surface area contributed by atoms with Gasteiger partial charge in [-0.15, -0.1) is 0 Å². The maximum Gasteiger partial charge on any atom is 0.0577 e. The molecule has 0 heterocycles. The Hall–Kier alpha value is -0.300. The maximum atomic E-state index is 10.2. The zero-order valence-corrected chi connectivity index (χ0v) is 18.3. The van der Waals surface area contributed by atoms with E-state index in [1.807, 2.05) is 0 Å². The van der Waals surface area contributed by atoms with E-state index in [2.05, 4.69) is 26.8 Å². The largest absolute Gasteiger partial charge is 0.393 e. The lowest BCUT2D eigenvalue weighted by atomic mass is 9.47. The molecule has 3 saturated carbocycles. The van der Waals surface area contributed by atoms with E-state index in [0.717, 1.165) is 32.1 Å². The minimum absolute atomic E-state index is 0.111. The topological polar surface area (TPSA) is 20.2 Å². The molecule has 1 N–H and O–H groups in total. The van der Waals surface area contributed by atoms with Crippen molar-refractivity contribution in [1.29, 1.82) is 0 Å². The molecule has 0 aliphatic heterocycles. The fourth-order valence-corrected chi connectivity index (χ4v) is 8.42. The van der Waals surface area contributed by atoms with E-state index in [-0.39, 0.29) is 23.4 Å². The molecule has 0 amide bonds. The molecule has 160 valence electrons. The standard InChI is InChI=1S/C27H46O/c1-18(2)7-6-8-19(3)23-11-12-24-22-10-9-20-17-21(28)13-15-26(20,4)25(22)14-16-27(23,24)5/h9,18-19,21-25,28H,6-8,10-17H2,1-5H3/t19-,21+,22+,23+,24-,25-,26+,27-/m1/s1/i1D3,2D3,18D. The maximum absolute atomic E-state index is 10.2. The minimum atomic E-state index is -2.82. The molecule has 8 atom stereocenters. The molecule has 4 rings (SSSR count). The number of allylic oxidation sites excluding steroid dienone is 1. The molecule has 28 heavy (non-hydrogen) atoms. The van der Waals surface area contributed by atoms with Crippen LogP contribution in [0.2, 0.25) is 0 Å². The Kier molecular flexibility index (Phi) is 3.85. The van der Waals surface area contributed by atoms with Crippen molar-refractivity contribution < 1.29 is 14.7 Å². The van der Waals surface area contributed by atoms with Crippen LogP contribution in [0.1, 0.15) is 115 Å². The number of rotatable bonds is 5. The number of hydrogen-bond donors (Lipinski definition) is 1. The first-order valence-electron chi connectivity index (χ1n) is 15.4. The van der Waals surface area contributed by atoms with Crippen molar-refractivity contribution in [3.63, 3.8) is 0 Å². The molecule has 0 aromatic heterocycles. The van der Waals surface area contributed by atoms with Gasteiger partial charge in [0.25, 0.3) is 0 Å². The fraction of sp³-hybridized carbons (Fsp3) is 0.926. The summed E-state index contributed by atoms with van der Waals surface area (Å²) in [5, 5.41) is 10.2. The van der Waals surface area contributed by atoms with E-state index in [0.29, 0.717) is 36.0 Å². The second-order valence-corrected chi connectivity index (χ2v) is 11.2. The molecule has 0 spiro atoms. The van der Waals surface area contributed by atoms with Crippen LogP contribution < -0.4 is 0 Å². The van der Waals surface area contributed by atoms with Crippen LogP contribution in [-0.2, 0) is 0 Å². The highest BCUT2D eigenvalue weighted by Crippen LogP contribution is 2.67. The van der Waals surface area contributed by atoms with Crippen molar-refractivity contribution in [2.24, 2.45) is 46.3 Å². The summed E-state index contributed by atoms with van der Waals surface area (Å²) < 4.78 is 54.5. The Bertz CT molecular complexity index is 803. The van der Waals surface area contributed by atoms with Gasteiger partial charge in [0.05, 0.1) is 6.10 Å². The van der Waals surface area contributed by atoms with Gasteiger partial charge in [0.1, 0.15) is 0 Å². The molecule has 0 aromatic carbocycles. The molecular formula is C27H46O. The molecule has 0 bridgehead atoms. The quantitative estimate of drug-likeness (QED) is 0.483. The molecule has 0 unspecified atom stereocenters. The van der Waals surface area contributed by atoms with Gasteiger partial charge in [-0.2, -0.15) is 0 Å². The van der Waals surface area contributed by atoms with Crippen molar-refractivity contribution >= 4 is 0 Å². The van der Waals surface area contributed by atoms with Crippen molar-refractivity contribution in [3.05, 3.63) is 11.6 Å². The van der Waals surface area contributed by atoms with E-state index >= 15 is 0 Å². The van der Waals surface area contributed by atoms with Crippen LogP contribution in [0.25, 0.3) is 0 Å². The Morgan fingerprint density at radius 3 is 2.75 bits per heavy atom. The summed E-state index contributed by atoms with van der Waals surface area (Å²) in [6, 6.07) is 0. The summed E-state index contributed by atoms with van der Waals surface area (Å²) in [7, 11) is 0. The van der Waals surface area contributed by atoms with Crippen LogP contribution in [0, 0.1) is 46.3 Å². The fourth-order valence-electron chi connectivity index (χ4n) is 8.42. The van der Waals surface area contributed by atoms with E-state index in [1.165, 1.54) is 31.3 Å². The smallest absolute Gasteiger partial charge is 0.0577 e. The lowest BCUT2D eigenvalue weighted by Gasteiger charge is -2.58. The van der Waals surface area contributed by atoms with Gasteiger partial charge >= 0.3 is 0 Å². The number of aliphatic hydroxyl groups is 1. The van der Waals surface area contributed by atoms with Crippen LogP contribution in [-0.4, -0.2) is 11.2 Å². The predicted octanol–water partition coefficient (Wildman–Crippen LogP) is 7.39. The van der Waals surface area contributed by atoms with Gasteiger partial charge in [-0.3, -0.25) is 0 Å². The second kappa shape index (κ2) is 7.75. The summed E-state index contributed by atoms with van der Waals surface area (Å²) in [6.07, 6.45) is 12.4. The van der Waals surface area contributed by atoms with Crippen LogP contribution in [0.5, 0.6) is 0 Å². The van der Waals surface area contributed by atoms with E-state index in [9.17, 15) is 5.11 Å². The zero-order chi connectivity index (χ0) is 26.0. The Labute approximate surface area is 184 Å². The average Bonchev–Trinajstić information content (AvgIpc) is 3.09. The minimum Gasteiger partial charge on any atom is -0.393 e. The lowest BCUT2D eigenvalue weighted by Crippen LogP contribution is -2.50. The average molecular weight is 394 g/mol. The van der Waals surface area contributed by atoms with Gasteiger partial charge in [-0.25, -0.2) is 0 Å². The van der Waals surface area contributed by atoms with Gasteiger partial charge < -0.3 is 5.11 Å². The highest BCUT2D eigenvalue weighted by Gasteiger charge is 2.59. The Morgan fingerprint density at radius 1 is 1.14 bits per heavy atom. The van der Waals surface area contributed by atoms with Gasteiger partial charge in [-0.05, 0) is 97.7 Å². The van der Waals surface area contributed by atoms with Crippen molar-refractivity contribution in [2.75, 3.05) is 0 Å². The van der Waals surface area contributed by atoms with Crippen LogP contribution in [0.4, 0.5) is 0 Å². The number of hydrogen-bond acceptors (Lipinski definition) is 1. The molecule has 1 nitrogen and oxygen atoms in total. The van der Waals surface area contributed by atoms with E-state index in [1.54, 1.807) is 0 Å². The van der Waals surface area contributed by atoms with Gasteiger partial charge in [0, 0.05) is 9.60 Å². The van der Waals surface area contributed by atoms with Crippen molar-refractivity contribution in [1.82, 2.24) is 0 Å². The monoisotopic (exact) mass is 393 g/mol. The summed E-state index contributed by atoms with van der Waals surface area (Å²) in [4.78, 5) is 0. The molecule has 3 fully saturated rings. The van der Waals surface area contributed by atoms with Crippen LogP contribution in [0.15, 0.2) is 11.6 Å². The molecule has 4 aliphatic carbocycles. The first-order valence-corrected chi connectivity index (χ1v) is 11.9. The molecule has 4 aliphatic rings. The highest BCUT2D eigenvalue weighted by atomic mass is 16.3. The van der Waals surface area contributed by atoms with Crippen LogP contribution in [0.3, 0.4) is 0 Å². The van der Waals surface area contributed by atoms with E-state index in [4.69, 9.17) is 9.60 Å². The normalized spacial score (nSPS) is 51.5. The molecule has 0 radical (unpaired) electrons. The summed E-state index contributed by atoms with van der Waals surface area (Å²) in [5.41, 5.74) is 2.03.